The lowest BCUT2D eigenvalue weighted by molar-refractivity contribution is 0.0956. The van der Waals surface area contributed by atoms with Gasteiger partial charge in [-0.15, -0.1) is 11.8 Å². The molecule has 0 aliphatic carbocycles. The summed E-state index contributed by atoms with van der Waals surface area (Å²) in [5, 5.41) is 2.96. The second kappa shape index (κ2) is 8.80. The molecule has 0 aliphatic heterocycles. The fraction of sp³-hybridized carbons (Fsp3) is 0.235. The minimum absolute atomic E-state index is 0.00274. The Hall–Kier alpha value is -1.39. The first-order chi connectivity index (χ1) is 10.3. The first-order valence-corrected chi connectivity index (χ1v) is 9.21. The van der Waals surface area contributed by atoms with E-state index >= 15 is 0 Å². The number of hydrogen-bond donors (Lipinski definition) is 1. The molecule has 2 aromatic carbocycles. The van der Waals surface area contributed by atoms with E-state index in [9.17, 15) is 4.79 Å². The molecule has 0 saturated heterocycles. The highest BCUT2D eigenvalue weighted by Crippen LogP contribution is 2.15. The third kappa shape index (κ3) is 5.48. The lowest BCUT2D eigenvalue weighted by atomic mass is 10.2. The van der Waals surface area contributed by atoms with Crippen molar-refractivity contribution >= 4 is 29.4 Å². The molecule has 110 valence electrons. The highest BCUT2D eigenvalue weighted by Gasteiger charge is 2.04. The van der Waals surface area contributed by atoms with Crippen LogP contribution < -0.4 is 5.32 Å². The van der Waals surface area contributed by atoms with Crippen molar-refractivity contribution in [2.45, 2.75) is 10.6 Å². The highest BCUT2D eigenvalue weighted by atomic mass is 32.2. The van der Waals surface area contributed by atoms with Gasteiger partial charge in [0.05, 0.1) is 0 Å². The number of rotatable bonds is 7. The molecular weight excluding hydrogens is 298 g/mol. The van der Waals surface area contributed by atoms with Gasteiger partial charge in [-0.1, -0.05) is 30.3 Å². The Balaban J connectivity index is 1.67. The van der Waals surface area contributed by atoms with Crippen LogP contribution in [0.15, 0.2) is 59.5 Å². The van der Waals surface area contributed by atoms with E-state index in [2.05, 4.69) is 29.6 Å². The SMILES string of the molecule is CSc1ccc(C(=O)NCCSCc2ccccc2)cc1. The molecule has 1 N–H and O–H groups in total. The summed E-state index contributed by atoms with van der Waals surface area (Å²) in [6, 6.07) is 18.1. The number of amides is 1. The number of nitrogens with one attached hydrogen (secondary N) is 1. The molecule has 2 aromatic rings. The molecule has 0 heterocycles. The quantitative estimate of drug-likeness (QED) is 0.616. The van der Waals surface area contributed by atoms with Crippen molar-refractivity contribution in [3.8, 4) is 0 Å². The second-order valence-corrected chi connectivity index (χ2v) is 6.51. The van der Waals surface area contributed by atoms with E-state index in [0.717, 1.165) is 17.1 Å². The molecule has 0 spiro atoms. The Morgan fingerprint density at radius 2 is 1.76 bits per heavy atom. The van der Waals surface area contributed by atoms with E-state index in [0.29, 0.717) is 6.54 Å². The van der Waals surface area contributed by atoms with Crippen molar-refractivity contribution in [2.75, 3.05) is 18.6 Å². The van der Waals surface area contributed by atoms with Crippen LogP contribution in [-0.2, 0) is 5.75 Å². The average Bonchev–Trinajstić information content (AvgIpc) is 2.55. The van der Waals surface area contributed by atoms with Gasteiger partial charge in [-0.25, -0.2) is 0 Å². The first-order valence-electron chi connectivity index (χ1n) is 6.83. The van der Waals surface area contributed by atoms with Crippen molar-refractivity contribution in [3.63, 3.8) is 0 Å². The molecule has 0 radical (unpaired) electrons. The molecule has 0 aromatic heterocycles. The van der Waals surface area contributed by atoms with Crippen molar-refractivity contribution in [2.24, 2.45) is 0 Å². The van der Waals surface area contributed by atoms with Crippen molar-refractivity contribution in [1.29, 1.82) is 0 Å². The maximum absolute atomic E-state index is 12.0. The molecule has 21 heavy (non-hydrogen) atoms. The lowest BCUT2D eigenvalue weighted by Crippen LogP contribution is -2.25. The normalized spacial score (nSPS) is 10.3. The van der Waals surface area contributed by atoms with Crippen LogP contribution in [0.25, 0.3) is 0 Å². The van der Waals surface area contributed by atoms with Gasteiger partial charge in [-0.05, 0) is 36.1 Å². The van der Waals surface area contributed by atoms with Gasteiger partial charge in [0.25, 0.3) is 5.91 Å². The summed E-state index contributed by atoms with van der Waals surface area (Å²) in [7, 11) is 0. The molecule has 1 amide bonds. The van der Waals surface area contributed by atoms with Crippen LogP contribution in [0.4, 0.5) is 0 Å². The number of benzene rings is 2. The number of carbonyl (C=O) groups is 1. The first kappa shape index (κ1) is 16.0. The molecule has 2 nitrogen and oxygen atoms in total. The fourth-order valence-corrected chi connectivity index (χ4v) is 3.07. The highest BCUT2D eigenvalue weighted by molar-refractivity contribution is 7.98. The zero-order valence-corrected chi connectivity index (χ0v) is 13.7. The van der Waals surface area contributed by atoms with E-state index in [1.54, 1.807) is 11.8 Å². The maximum atomic E-state index is 12.0. The Labute approximate surface area is 134 Å². The second-order valence-electron chi connectivity index (χ2n) is 4.52. The topological polar surface area (TPSA) is 29.1 Å². The Morgan fingerprint density at radius 1 is 1.05 bits per heavy atom. The average molecular weight is 317 g/mol. The molecule has 0 saturated carbocycles. The summed E-state index contributed by atoms with van der Waals surface area (Å²) in [5.74, 6) is 1.91. The Morgan fingerprint density at radius 3 is 2.43 bits per heavy atom. The smallest absolute Gasteiger partial charge is 0.251 e. The zero-order chi connectivity index (χ0) is 14.9. The van der Waals surface area contributed by atoms with Crippen molar-refractivity contribution in [3.05, 3.63) is 65.7 Å². The van der Waals surface area contributed by atoms with Gasteiger partial charge in [0.2, 0.25) is 0 Å². The number of carbonyl (C=O) groups excluding carboxylic acids is 1. The van der Waals surface area contributed by atoms with Crippen LogP contribution in [0.2, 0.25) is 0 Å². The van der Waals surface area contributed by atoms with Gasteiger partial charge in [0.15, 0.2) is 0 Å². The van der Waals surface area contributed by atoms with Crippen LogP contribution in [0.1, 0.15) is 15.9 Å². The predicted molar refractivity (Wildman–Crippen MR) is 93.2 cm³/mol. The molecule has 0 unspecified atom stereocenters. The number of thioether (sulfide) groups is 2. The van der Waals surface area contributed by atoms with E-state index in [4.69, 9.17) is 0 Å². The van der Waals surface area contributed by atoms with Crippen LogP contribution in [-0.4, -0.2) is 24.5 Å². The maximum Gasteiger partial charge on any atom is 0.251 e. The largest absolute Gasteiger partial charge is 0.351 e. The van der Waals surface area contributed by atoms with Crippen LogP contribution in [0.5, 0.6) is 0 Å². The van der Waals surface area contributed by atoms with Gasteiger partial charge in [0.1, 0.15) is 0 Å². The molecule has 0 aliphatic rings. The zero-order valence-electron chi connectivity index (χ0n) is 12.0. The third-order valence-corrected chi connectivity index (χ3v) is 4.77. The van der Waals surface area contributed by atoms with Gasteiger partial charge in [-0.3, -0.25) is 4.79 Å². The Kier molecular flexibility index (Phi) is 6.70. The van der Waals surface area contributed by atoms with Crippen LogP contribution >= 0.6 is 23.5 Å². The Bertz CT molecular complexity index is 555. The van der Waals surface area contributed by atoms with E-state index in [-0.39, 0.29) is 5.91 Å². The molecule has 0 atom stereocenters. The minimum atomic E-state index is 0.00274. The summed E-state index contributed by atoms with van der Waals surface area (Å²) >= 11 is 3.51. The summed E-state index contributed by atoms with van der Waals surface area (Å²) in [6.07, 6.45) is 2.03. The van der Waals surface area contributed by atoms with Crippen molar-refractivity contribution in [1.82, 2.24) is 5.32 Å². The molecule has 0 fully saturated rings. The summed E-state index contributed by atoms with van der Waals surface area (Å²) < 4.78 is 0. The monoisotopic (exact) mass is 317 g/mol. The van der Waals surface area contributed by atoms with Crippen molar-refractivity contribution < 1.29 is 4.79 Å². The molecule has 4 heteroatoms. The van der Waals surface area contributed by atoms with E-state index in [1.165, 1.54) is 10.5 Å². The molecule has 0 bridgehead atoms. The summed E-state index contributed by atoms with van der Waals surface area (Å²) in [6.45, 7) is 0.695. The number of hydrogen-bond acceptors (Lipinski definition) is 3. The lowest BCUT2D eigenvalue weighted by Gasteiger charge is -2.06. The fourth-order valence-electron chi connectivity index (χ4n) is 1.85. The van der Waals surface area contributed by atoms with Gasteiger partial charge in [-0.2, -0.15) is 11.8 Å². The summed E-state index contributed by atoms with van der Waals surface area (Å²) in [4.78, 5) is 13.1. The van der Waals surface area contributed by atoms with Crippen LogP contribution in [0, 0.1) is 0 Å². The van der Waals surface area contributed by atoms with Gasteiger partial charge < -0.3 is 5.32 Å². The van der Waals surface area contributed by atoms with E-state index in [1.807, 2.05) is 48.3 Å². The predicted octanol–water partition coefficient (Wildman–Crippen LogP) is 4.07. The van der Waals surface area contributed by atoms with Crippen LogP contribution in [0.3, 0.4) is 0 Å². The van der Waals surface area contributed by atoms with E-state index < -0.39 is 0 Å². The molecular formula is C17H19NOS2. The molecule has 2 rings (SSSR count). The van der Waals surface area contributed by atoms with Gasteiger partial charge in [0, 0.05) is 28.5 Å². The summed E-state index contributed by atoms with van der Waals surface area (Å²) in [5.41, 5.74) is 2.04. The minimum Gasteiger partial charge on any atom is -0.351 e. The standard InChI is InChI=1S/C17H19NOS2/c1-20-16-9-7-15(8-10-16)17(19)18-11-12-21-13-14-5-3-2-4-6-14/h2-10H,11-13H2,1H3,(H,18,19). The van der Waals surface area contributed by atoms with Gasteiger partial charge >= 0.3 is 0 Å². The third-order valence-electron chi connectivity index (χ3n) is 3.00.